The van der Waals surface area contributed by atoms with Crippen molar-refractivity contribution in [1.29, 1.82) is 0 Å². The van der Waals surface area contributed by atoms with Gasteiger partial charge in [0.2, 0.25) is 0 Å². The van der Waals surface area contributed by atoms with Crippen LogP contribution in [-0.2, 0) is 0 Å². The molecule has 146 valence electrons. The summed E-state index contributed by atoms with van der Waals surface area (Å²) in [7, 11) is 1.59. The Morgan fingerprint density at radius 1 is 1.32 bits per heavy atom. The van der Waals surface area contributed by atoms with E-state index < -0.39 is 0 Å². The van der Waals surface area contributed by atoms with E-state index in [4.69, 9.17) is 10.2 Å². The maximum atomic E-state index is 13.4. The van der Waals surface area contributed by atoms with Crippen LogP contribution in [0.5, 0.6) is 0 Å². The van der Waals surface area contributed by atoms with Gasteiger partial charge in [-0.1, -0.05) is 12.8 Å². The molecule has 3 N–H and O–H groups in total. The maximum absolute atomic E-state index is 13.4. The number of rotatable bonds is 6. The molecule has 0 radical (unpaired) electrons. The van der Waals surface area contributed by atoms with E-state index in [2.05, 4.69) is 18.1 Å². The van der Waals surface area contributed by atoms with E-state index in [1.807, 2.05) is 16.4 Å². The molecule has 1 amide bonds. The summed E-state index contributed by atoms with van der Waals surface area (Å²) in [6, 6.07) is 9.89. The molecule has 1 heterocycles. The third-order valence-corrected chi connectivity index (χ3v) is 5.45. The molecule has 2 aromatic carbocycles. The van der Waals surface area contributed by atoms with Crippen LogP contribution in [-0.4, -0.2) is 26.0 Å². The molecular formula is C21H22FN3O2S. The number of nitrogens with two attached hydrogens (primary N) is 1. The number of nitrogens with one attached hydrogen (secondary N) is 1. The third-order valence-electron chi connectivity index (χ3n) is 5.03. The van der Waals surface area contributed by atoms with Crippen molar-refractivity contribution < 1.29 is 13.6 Å². The number of amides is 1. The van der Waals surface area contributed by atoms with E-state index in [-0.39, 0.29) is 11.7 Å². The zero-order chi connectivity index (χ0) is 19.8. The number of fused-ring (bicyclic) bond motifs is 1. The molecule has 28 heavy (non-hydrogen) atoms. The Balaban J connectivity index is 1.95. The van der Waals surface area contributed by atoms with Gasteiger partial charge in [-0.15, -0.1) is 0 Å². The molecule has 1 fully saturated rings. The highest BCUT2D eigenvalue weighted by atomic mass is 32.1. The lowest BCUT2D eigenvalue weighted by Crippen LogP contribution is -2.21. The second kappa shape index (κ2) is 7.48. The molecule has 0 bridgehead atoms. The van der Waals surface area contributed by atoms with Gasteiger partial charge < -0.3 is 19.8 Å². The lowest BCUT2D eigenvalue weighted by molar-refractivity contribution is 0.0964. The summed E-state index contributed by atoms with van der Waals surface area (Å²) in [5, 5.41) is 3.44. The number of carbonyl (C=O) groups is 1. The minimum absolute atomic E-state index is 0.239. The monoisotopic (exact) mass is 399 g/mol. The molecular weight excluding hydrogens is 377 g/mol. The van der Waals surface area contributed by atoms with Crippen molar-refractivity contribution in [3.05, 3.63) is 53.3 Å². The number of benzene rings is 2. The summed E-state index contributed by atoms with van der Waals surface area (Å²) in [5.74, 6) is 0.302. The molecule has 4 rings (SSSR count). The van der Waals surface area contributed by atoms with E-state index >= 15 is 0 Å². The SMILES string of the molecule is CNC(=O)c1c(-c2ccc(F)cc2)oc2cc(N(S)CCN)c(C3CC3)cc12. The standard InChI is InChI=1S/C21H22FN3O2S/c1-24-21(26)19-16-10-15(12-2-3-12)17(25(28)9-8-23)11-18(16)27-20(19)13-4-6-14(22)7-5-13/h4-7,10-12,28H,2-3,8-9,23H2,1H3,(H,24,26). The number of carbonyl (C=O) groups excluding carboxylic acids is 1. The van der Waals surface area contributed by atoms with Gasteiger partial charge in [-0.2, -0.15) is 0 Å². The number of hydrogen-bond acceptors (Lipinski definition) is 5. The number of furan rings is 1. The largest absolute Gasteiger partial charge is 0.455 e. The number of hydrogen-bond donors (Lipinski definition) is 3. The molecule has 0 spiro atoms. The van der Waals surface area contributed by atoms with Crippen molar-refractivity contribution in [2.45, 2.75) is 18.8 Å². The first-order chi connectivity index (χ1) is 13.5. The van der Waals surface area contributed by atoms with Gasteiger partial charge in [0.1, 0.15) is 17.2 Å². The van der Waals surface area contributed by atoms with E-state index in [1.54, 1.807) is 19.2 Å². The zero-order valence-corrected chi connectivity index (χ0v) is 16.4. The highest BCUT2D eigenvalue weighted by Gasteiger charge is 2.30. The molecule has 1 aliphatic carbocycles. The summed E-state index contributed by atoms with van der Waals surface area (Å²) in [6.07, 6.45) is 2.22. The Morgan fingerprint density at radius 3 is 2.64 bits per heavy atom. The number of nitrogens with zero attached hydrogens (tertiary/aromatic N) is 1. The van der Waals surface area contributed by atoms with Crippen molar-refractivity contribution in [3.8, 4) is 11.3 Å². The van der Waals surface area contributed by atoms with Gasteiger partial charge in [0.15, 0.2) is 0 Å². The lowest BCUT2D eigenvalue weighted by Gasteiger charge is -2.20. The first-order valence-corrected chi connectivity index (χ1v) is 9.68. The molecule has 3 aromatic rings. The lowest BCUT2D eigenvalue weighted by atomic mass is 10.0. The predicted octanol–water partition coefficient (Wildman–Crippen LogP) is 4.09. The van der Waals surface area contributed by atoms with Crippen LogP contribution in [0, 0.1) is 5.82 Å². The Bertz CT molecular complexity index is 1030. The molecule has 7 heteroatoms. The van der Waals surface area contributed by atoms with E-state index in [0.29, 0.717) is 41.5 Å². The number of thiol groups is 1. The smallest absolute Gasteiger partial charge is 0.255 e. The third kappa shape index (κ3) is 3.36. The van der Waals surface area contributed by atoms with Crippen LogP contribution in [0.25, 0.3) is 22.3 Å². The fraction of sp³-hybridized carbons (Fsp3) is 0.286. The van der Waals surface area contributed by atoms with E-state index in [9.17, 15) is 9.18 Å². The first kappa shape index (κ1) is 18.8. The molecule has 0 aliphatic heterocycles. The normalized spacial score (nSPS) is 13.7. The van der Waals surface area contributed by atoms with E-state index in [1.165, 1.54) is 12.1 Å². The summed E-state index contributed by atoms with van der Waals surface area (Å²) >= 11 is 4.58. The Morgan fingerprint density at radius 2 is 2.04 bits per heavy atom. The molecule has 0 unspecified atom stereocenters. The average molecular weight is 399 g/mol. The quantitative estimate of drug-likeness (QED) is 0.546. The number of halogens is 1. The predicted molar refractivity (Wildman–Crippen MR) is 112 cm³/mol. The molecule has 5 nitrogen and oxygen atoms in total. The maximum Gasteiger partial charge on any atom is 0.255 e. The van der Waals surface area contributed by atoms with Gasteiger partial charge >= 0.3 is 0 Å². The van der Waals surface area contributed by atoms with Gasteiger partial charge in [-0.25, -0.2) is 4.39 Å². The summed E-state index contributed by atoms with van der Waals surface area (Å²) in [4.78, 5) is 12.7. The molecule has 0 atom stereocenters. The van der Waals surface area contributed by atoms with E-state index in [0.717, 1.165) is 29.5 Å². The van der Waals surface area contributed by atoms with Crippen LogP contribution in [0.4, 0.5) is 10.1 Å². The van der Waals surface area contributed by atoms with Gasteiger partial charge in [-0.05, 0) is 54.7 Å². The average Bonchev–Trinajstić information content (AvgIpc) is 3.47. The summed E-state index contributed by atoms with van der Waals surface area (Å²) in [5.41, 5.74) is 9.49. The molecule has 1 aromatic heterocycles. The van der Waals surface area contributed by atoms with Crippen LogP contribution in [0.3, 0.4) is 0 Å². The molecule has 0 saturated heterocycles. The van der Waals surface area contributed by atoms with Gasteiger partial charge in [0.05, 0.1) is 11.3 Å². The minimum Gasteiger partial charge on any atom is -0.455 e. The van der Waals surface area contributed by atoms with Crippen LogP contribution >= 0.6 is 12.8 Å². The van der Waals surface area contributed by atoms with Crippen LogP contribution < -0.4 is 15.4 Å². The fourth-order valence-electron chi connectivity index (χ4n) is 3.49. The fourth-order valence-corrected chi connectivity index (χ4v) is 3.78. The van der Waals surface area contributed by atoms with Crippen molar-refractivity contribution in [1.82, 2.24) is 5.32 Å². The van der Waals surface area contributed by atoms with Crippen LogP contribution in [0.15, 0.2) is 40.8 Å². The van der Waals surface area contributed by atoms with Gasteiger partial charge in [-0.3, -0.25) is 4.79 Å². The Kier molecular flexibility index (Phi) is 5.03. The van der Waals surface area contributed by atoms with Crippen LogP contribution in [0.2, 0.25) is 0 Å². The summed E-state index contributed by atoms with van der Waals surface area (Å²) in [6.45, 7) is 1.08. The first-order valence-electron chi connectivity index (χ1n) is 9.28. The highest BCUT2D eigenvalue weighted by molar-refractivity contribution is 7.81. The van der Waals surface area contributed by atoms with Gasteiger partial charge in [0.25, 0.3) is 5.91 Å². The molecule has 1 saturated carbocycles. The second-order valence-electron chi connectivity index (χ2n) is 6.99. The second-order valence-corrected chi connectivity index (χ2v) is 7.47. The number of anilines is 1. The highest BCUT2D eigenvalue weighted by Crippen LogP contribution is 2.47. The van der Waals surface area contributed by atoms with Crippen molar-refractivity contribution in [2.24, 2.45) is 5.73 Å². The summed E-state index contributed by atoms with van der Waals surface area (Å²) < 4.78 is 21.3. The molecule has 1 aliphatic rings. The Hall–Kier alpha value is -2.51. The van der Waals surface area contributed by atoms with Crippen LogP contribution in [0.1, 0.15) is 34.7 Å². The topological polar surface area (TPSA) is 71.5 Å². The van der Waals surface area contributed by atoms with Gasteiger partial charge in [0, 0.05) is 37.2 Å². The zero-order valence-electron chi connectivity index (χ0n) is 15.5. The minimum atomic E-state index is -0.341. The van der Waals surface area contributed by atoms with Crippen molar-refractivity contribution in [3.63, 3.8) is 0 Å². The Labute approximate surface area is 168 Å². The van der Waals surface area contributed by atoms with Crippen molar-refractivity contribution in [2.75, 3.05) is 24.4 Å². The van der Waals surface area contributed by atoms with Crippen molar-refractivity contribution >= 4 is 35.4 Å².